The molecule has 0 aliphatic heterocycles. The van der Waals surface area contributed by atoms with E-state index in [0.29, 0.717) is 11.3 Å². The second kappa shape index (κ2) is 6.72. The number of amides is 1. The molecule has 21 heavy (non-hydrogen) atoms. The van der Waals surface area contributed by atoms with E-state index in [9.17, 15) is 4.79 Å². The Labute approximate surface area is 132 Å². The summed E-state index contributed by atoms with van der Waals surface area (Å²) in [5, 5.41) is 0. The van der Waals surface area contributed by atoms with E-state index in [1.807, 2.05) is 31.2 Å². The Bertz CT molecular complexity index is 631. The molecule has 2 aromatic rings. The van der Waals surface area contributed by atoms with Gasteiger partial charge in [-0.3, -0.25) is 9.78 Å². The minimum absolute atomic E-state index is 0.0430. The predicted octanol–water partition coefficient (Wildman–Crippen LogP) is 3.69. The number of carbonyl (C=O) groups is 1. The number of hydrogen-bond acceptors (Lipinski definition) is 3. The van der Waals surface area contributed by atoms with Crippen molar-refractivity contribution in [2.45, 2.75) is 13.0 Å². The molecule has 0 radical (unpaired) electrons. The predicted molar refractivity (Wildman–Crippen MR) is 85.4 cm³/mol. The van der Waals surface area contributed by atoms with Gasteiger partial charge in [-0.15, -0.1) is 0 Å². The fraction of sp³-hybridized carbons (Fsp3) is 0.250. The third-order valence-corrected chi connectivity index (χ3v) is 4.19. The Hall–Kier alpha value is -1.88. The molecule has 1 aromatic heterocycles. The first kappa shape index (κ1) is 15.5. The zero-order chi connectivity index (χ0) is 15.4. The number of hydrogen-bond donors (Lipinski definition) is 0. The number of ether oxygens (including phenoxy) is 1. The molecule has 110 valence electrons. The number of rotatable bonds is 4. The summed E-state index contributed by atoms with van der Waals surface area (Å²) in [6.07, 6.45) is 3.46. The lowest BCUT2D eigenvalue weighted by molar-refractivity contribution is 0.0741. The molecule has 1 unspecified atom stereocenters. The second-order valence-electron chi connectivity index (χ2n) is 4.72. The molecule has 0 bridgehead atoms. The van der Waals surface area contributed by atoms with Crippen LogP contribution in [0.15, 0.2) is 47.2 Å². The number of methoxy groups -OCH3 is 1. The number of aromatic nitrogens is 1. The number of benzene rings is 1. The minimum atomic E-state index is -0.0647. The molecule has 1 atom stereocenters. The lowest BCUT2D eigenvalue weighted by Crippen LogP contribution is -2.30. The smallest absolute Gasteiger partial charge is 0.255 e. The molecule has 1 aromatic carbocycles. The largest absolute Gasteiger partial charge is 0.497 e. The average molecular weight is 349 g/mol. The quantitative estimate of drug-likeness (QED) is 0.846. The van der Waals surface area contributed by atoms with Crippen LogP contribution in [0.2, 0.25) is 0 Å². The summed E-state index contributed by atoms with van der Waals surface area (Å²) in [4.78, 5) is 18.4. The van der Waals surface area contributed by atoms with Crippen molar-refractivity contribution in [2.75, 3.05) is 14.2 Å². The molecule has 1 amide bonds. The monoisotopic (exact) mass is 348 g/mol. The van der Waals surface area contributed by atoms with Crippen molar-refractivity contribution in [3.63, 3.8) is 0 Å². The van der Waals surface area contributed by atoms with Gasteiger partial charge in [-0.05, 0) is 58.7 Å². The van der Waals surface area contributed by atoms with Crippen molar-refractivity contribution in [1.82, 2.24) is 9.88 Å². The minimum Gasteiger partial charge on any atom is -0.497 e. The van der Waals surface area contributed by atoms with Crippen LogP contribution in [0.5, 0.6) is 5.75 Å². The van der Waals surface area contributed by atoms with Gasteiger partial charge in [-0.2, -0.15) is 0 Å². The second-order valence-corrected chi connectivity index (χ2v) is 5.57. The molecule has 5 heteroatoms. The van der Waals surface area contributed by atoms with Crippen LogP contribution >= 0.6 is 15.9 Å². The van der Waals surface area contributed by atoms with E-state index in [1.54, 1.807) is 37.5 Å². The van der Waals surface area contributed by atoms with Crippen LogP contribution in [-0.4, -0.2) is 29.9 Å². The molecule has 0 fully saturated rings. The van der Waals surface area contributed by atoms with Gasteiger partial charge >= 0.3 is 0 Å². The fourth-order valence-corrected chi connectivity index (χ4v) is 2.44. The van der Waals surface area contributed by atoms with Crippen LogP contribution in [0.4, 0.5) is 0 Å². The summed E-state index contributed by atoms with van der Waals surface area (Å²) in [7, 11) is 3.38. The highest BCUT2D eigenvalue weighted by molar-refractivity contribution is 9.10. The molecule has 0 aliphatic carbocycles. The number of halogens is 1. The summed E-state index contributed by atoms with van der Waals surface area (Å²) < 4.78 is 5.94. The van der Waals surface area contributed by atoms with E-state index >= 15 is 0 Å². The van der Waals surface area contributed by atoms with Crippen LogP contribution in [0.3, 0.4) is 0 Å². The van der Waals surface area contributed by atoms with Crippen molar-refractivity contribution in [3.8, 4) is 5.75 Å². The van der Waals surface area contributed by atoms with Crippen LogP contribution < -0.4 is 4.74 Å². The van der Waals surface area contributed by atoms with Crippen molar-refractivity contribution >= 4 is 21.8 Å². The summed E-state index contributed by atoms with van der Waals surface area (Å²) in [6, 6.07) is 9.15. The molecule has 1 heterocycles. The van der Waals surface area contributed by atoms with Crippen LogP contribution in [0, 0.1) is 0 Å². The Morgan fingerprint density at radius 3 is 2.57 bits per heavy atom. The molecule has 2 rings (SSSR count). The maximum absolute atomic E-state index is 12.7. The first-order valence-electron chi connectivity index (χ1n) is 6.55. The Morgan fingerprint density at radius 2 is 1.95 bits per heavy atom. The highest BCUT2D eigenvalue weighted by Crippen LogP contribution is 2.26. The molecule has 0 saturated carbocycles. The van der Waals surface area contributed by atoms with Crippen molar-refractivity contribution in [3.05, 3.63) is 58.3 Å². The number of carbonyl (C=O) groups excluding carboxylic acids is 1. The van der Waals surface area contributed by atoms with Crippen LogP contribution in [-0.2, 0) is 0 Å². The fourth-order valence-electron chi connectivity index (χ4n) is 2.03. The average Bonchev–Trinajstić information content (AvgIpc) is 2.54. The highest BCUT2D eigenvalue weighted by Gasteiger charge is 2.21. The lowest BCUT2D eigenvalue weighted by atomic mass is 10.1. The maximum atomic E-state index is 12.7. The first-order valence-corrected chi connectivity index (χ1v) is 7.34. The molecule has 0 saturated heterocycles. The van der Waals surface area contributed by atoms with Gasteiger partial charge in [-0.25, -0.2) is 0 Å². The van der Waals surface area contributed by atoms with E-state index < -0.39 is 0 Å². The summed E-state index contributed by atoms with van der Waals surface area (Å²) in [5.74, 6) is 0.594. The lowest BCUT2D eigenvalue weighted by Gasteiger charge is -2.26. The Balaban J connectivity index is 2.27. The number of nitrogens with zero attached hydrogens (tertiary/aromatic N) is 2. The maximum Gasteiger partial charge on any atom is 0.255 e. The van der Waals surface area contributed by atoms with Gasteiger partial charge in [-0.1, -0.05) is 0 Å². The van der Waals surface area contributed by atoms with Crippen molar-refractivity contribution in [1.29, 1.82) is 0 Å². The van der Waals surface area contributed by atoms with E-state index in [0.717, 1.165) is 10.0 Å². The molecule has 0 spiro atoms. The van der Waals surface area contributed by atoms with Gasteiger partial charge in [0.05, 0.1) is 18.7 Å². The molecule has 0 aliphatic rings. The van der Waals surface area contributed by atoms with E-state index in [4.69, 9.17) is 4.74 Å². The zero-order valence-corrected chi connectivity index (χ0v) is 13.8. The van der Waals surface area contributed by atoms with Crippen LogP contribution in [0.25, 0.3) is 0 Å². The van der Waals surface area contributed by atoms with Gasteiger partial charge in [0, 0.05) is 23.9 Å². The van der Waals surface area contributed by atoms with Crippen molar-refractivity contribution in [2.24, 2.45) is 0 Å². The van der Waals surface area contributed by atoms with Gasteiger partial charge < -0.3 is 9.64 Å². The van der Waals surface area contributed by atoms with Crippen molar-refractivity contribution < 1.29 is 9.53 Å². The van der Waals surface area contributed by atoms with E-state index in [2.05, 4.69) is 20.9 Å². The van der Waals surface area contributed by atoms with Gasteiger partial charge in [0.25, 0.3) is 5.91 Å². The molecule has 0 N–H and O–H groups in total. The van der Waals surface area contributed by atoms with Gasteiger partial charge in [0.2, 0.25) is 0 Å². The molecular formula is C16H17BrN2O2. The first-order chi connectivity index (χ1) is 10.0. The summed E-state index contributed by atoms with van der Waals surface area (Å²) >= 11 is 3.42. The molecular weight excluding hydrogens is 332 g/mol. The van der Waals surface area contributed by atoms with E-state index in [1.165, 1.54) is 0 Å². The summed E-state index contributed by atoms with van der Waals surface area (Å²) in [6.45, 7) is 1.99. The SMILES string of the molecule is COc1ccc(Br)c(C(=O)N(C)C(C)c2ccncc2)c1. The molecule has 4 nitrogen and oxygen atoms in total. The van der Waals surface area contributed by atoms with E-state index in [-0.39, 0.29) is 11.9 Å². The third kappa shape index (κ3) is 3.42. The van der Waals surface area contributed by atoms with Gasteiger partial charge in [0.1, 0.15) is 5.75 Å². The zero-order valence-electron chi connectivity index (χ0n) is 12.2. The van der Waals surface area contributed by atoms with Gasteiger partial charge in [0.15, 0.2) is 0 Å². The third-order valence-electron chi connectivity index (χ3n) is 3.49. The Morgan fingerprint density at radius 1 is 1.29 bits per heavy atom. The normalized spacial score (nSPS) is 11.8. The number of pyridine rings is 1. The summed E-state index contributed by atoms with van der Waals surface area (Å²) in [5.41, 5.74) is 1.62. The Kier molecular flexibility index (Phi) is 4.96. The highest BCUT2D eigenvalue weighted by atomic mass is 79.9. The standard InChI is InChI=1S/C16H17BrN2O2/c1-11(12-6-8-18-9-7-12)19(2)16(20)14-10-13(21-3)4-5-15(14)17/h4-11H,1-3H3. The van der Waals surface area contributed by atoms with Crippen LogP contribution in [0.1, 0.15) is 28.9 Å². The topological polar surface area (TPSA) is 42.4 Å².